The summed E-state index contributed by atoms with van der Waals surface area (Å²) in [6, 6.07) is 13.6. The van der Waals surface area contributed by atoms with Crippen molar-refractivity contribution in [1.82, 2.24) is 5.43 Å². The number of nitrogens with two attached hydrogens (primary N) is 1. The fourth-order valence-corrected chi connectivity index (χ4v) is 5.27. The molecule has 3 aromatic rings. The summed E-state index contributed by atoms with van der Waals surface area (Å²) in [5.41, 5.74) is 10.6. The summed E-state index contributed by atoms with van der Waals surface area (Å²) >= 11 is 1.42. The van der Waals surface area contributed by atoms with Crippen LogP contribution in [-0.2, 0) is 17.6 Å². The van der Waals surface area contributed by atoms with Crippen LogP contribution in [0.15, 0.2) is 53.6 Å². The second-order valence-corrected chi connectivity index (χ2v) is 9.63. The number of primary amides is 1. The number of nitrogens with zero attached hydrogens (tertiary/aromatic N) is 1. The van der Waals surface area contributed by atoms with Crippen molar-refractivity contribution >= 4 is 40.3 Å². The fourth-order valence-electron chi connectivity index (χ4n) is 3.98. The van der Waals surface area contributed by atoms with E-state index in [1.54, 1.807) is 50.4 Å². The van der Waals surface area contributed by atoms with E-state index in [1.807, 2.05) is 12.1 Å². The number of fused-ring (bicyclic) bond motifs is 1. The third-order valence-corrected chi connectivity index (χ3v) is 7.15. The maximum absolute atomic E-state index is 12.8. The number of hydrazone groups is 1. The highest BCUT2D eigenvalue weighted by molar-refractivity contribution is 7.17. The number of amides is 3. The molecule has 0 aliphatic heterocycles. The van der Waals surface area contributed by atoms with Gasteiger partial charge in [0.1, 0.15) is 16.5 Å². The van der Waals surface area contributed by atoms with Crippen LogP contribution in [-0.4, -0.2) is 37.1 Å². The number of hydrogen-bond acceptors (Lipinski definition) is 7. The van der Waals surface area contributed by atoms with Gasteiger partial charge in [-0.2, -0.15) is 5.10 Å². The number of carbonyl (C=O) groups excluding carboxylic acids is 3. The van der Waals surface area contributed by atoms with Gasteiger partial charge in [-0.15, -0.1) is 11.3 Å². The average molecular weight is 521 g/mol. The molecule has 2 aromatic carbocycles. The zero-order valence-electron chi connectivity index (χ0n) is 20.6. The Morgan fingerprint density at radius 2 is 1.70 bits per heavy atom. The molecule has 3 amide bonds. The molecule has 1 aliphatic rings. The number of carbonyl (C=O) groups is 3. The number of methoxy groups -OCH3 is 1. The first-order valence-electron chi connectivity index (χ1n) is 11.8. The van der Waals surface area contributed by atoms with Crippen molar-refractivity contribution in [2.75, 3.05) is 12.4 Å². The van der Waals surface area contributed by atoms with Gasteiger partial charge in [-0.1, -0.05) is 0 Å². The van der Waals surface area contributed by atoms with Crippen LogP contribution in [0.25, 0.3) is 0 Å². The normalized spacial score (nSPS) is 13.5. The first-order valence-corrected chi connectivity index (χ1v) is 12.7. The zero-order valence-corrected chi connectivity index (χ0v) is 21.4. The van der Waals surface area contributed by atoms with Crippen LogP contribution >= 0.6 is 11.3 Å². The van der Waals surface area contributed by atoms with Crippen molar-refractivity contribution in [1.29, 1.82) is 0 Å². The molecule has 37 heavy (non-hydrogen) atoms. The van der Waals surface area contributed by atoms with E-state index in [-0.39, 0.29) is 5.91 Å². The van der Waals surface area contributed by atoms with Crippen LogP contribution < -0.4 is 25.9 Å². The third-order valence-electron chi connectivity index (χ3n) is 5.95. The molecule has 0 fully saturated rings. The monoisotopic (exact) mass is 520 g/mol. The Labute approximate surface area is 218 Å². The summed E-state index contributed by atoms with van der Waals surface area (Å²) in [5.74, 6) is -0.160. The number of ether oxygens (including phenoxy) is 2. The van der Waals surface area contributed by atoms with E-state index in [0.29, 0.717) is 21.9 Å². The van der Waals surface area contributed by atoms with Crippen molar-refractivity contribution in [2.45, 2.75) is 38.7 Å². The quantitative estimate of drug-likeness (QED) is 0.291. The summed E-state index contributed by atoms with van der Waals surface area (Å²) in [6.07, 6.45) is 4.45. The maximum Gasteiger partial charge on any atom is 0.280 e. The minimum Gasteiger partial charge on any atom is -0.497 e. The Bertz CT molecular complexity index is 1320. The van der Waals surface area contributed by atoms with E-state index in [4.69, 9.17) is 15.2 Å². The number of hydrogen-bond donors (Lipinski definition) is 3. The summed E-state index contributed by atoms with van der Waals surface area (Å²) in [7, 11) is 1.59. The van der Waals surface area contributed by atoms with Crippen LogP contribution in [0.4, 0.5) is 5.00 Å². The topological polar surface area (TPSA) is 132 Å². The van der Waals surface area contributed by atoms with Gasteiger partial charge >= 0.3 is 0 Å². The van der Waals surface area contributed by atoms with Gasteiger partial charge in [0.2, 0.25) is 0 Å². The first kappa shape index (κ1) is 25.9. The molecule has 0 unspecified atom stereocenters. The van der Waals surface area contributed by atoms with Crippen LogP contribution in [0.3, 0.4) is 0 Å². The number of rotatable bonds is 9. The molecular formula is C27H28N4O5S. The molecule has 1 atom stereocenters. The Morgan fingerprint density at radius 1 is 1.03 bits per heavy atom. The lowest BCUT2D eigenvalue weighted by Crippen LogP contribution is -2.33. The molecule has 0 bridgehead atoms. The number of benzene rings is 2. The highest BCUT2D eigenvalue weighted by Crippen LogP contribution is 2.38. The van der Waals surface area contributed by atoms with Gasteiger partial charge in [0.15, 0.2) is 6.10 Å². The number of aryl methyl sites for hydroxylation is 1. The summed E-state index contributed by atoms with van der Waals surface area (Å²) < 4.78 is 10.8. The Hall–Kier alpha value is -4.18. The lowest BCUT2D eigenvalue weighted by atomic mass is 9.95. The molecule has 1 aliphatic carbocycles. The molecule has 0 spiro atoms. The molecule has 0 saturated carbocycles. The van der Waals surface area contributed by atoms with Gasteiger partial charge in [-0.05, 0) is 92.3 Å². The predicted molar refractivity (Wildman–Crippen MR) is 143 cm³/mol. The molecule has 0 saturated heterocycles. The van der Waals surface area contributed by atoms with Gasteiger partial charge < -0.3 is 20.5 Å². The zero-order chi connectivity index (χ0) is 26.4. The third kappa shape index (κ3) is 6.34. The van der Waals surface area contributed by atoms with Gasteiger partial charge in [0.05, 0.1) is 18.9 Å². The first-order chi connectivity index (χ1) is 17.9. The fraction of sp³-hybridized carbons (Fsp3) is 0.259. The average Bonchev–Trinajstić information content (AvgIpc) is 3.27. The molecular weight excluding hydrogens is 492 g/mol. The summed E-state index contributed by atoms with van der Waals surface area (Å²) in [4.78, 5) is 38.3. The molecule has 0 radical (unpaired) electrons. The van der Waals surface area contributed by atoms with E-state index in [1.165, 1.54) is 17.6 Å². The van der Waals surface area contributed by atoms with Gasteiger partial charge in [0.25, 0.3) is 17.7 Å². The number of anilines is 1. The van der Waals surface area contributed by atoms with Crippen LogP contribution in [0, 0.1) is 0 Å². The van der Waals surface area contributed by atoms with Crippen molar-refractivity contribution in [2.24, 2.45) is 10.8 Å². The second-order valence-electron chi connectivity index (χ2n) is 8.53. The van der Waals surface area contributed by atoms with Crippen molar-refractivity contribution in [3.63, 3.8) is 0 Å². The van der Waals surface area contributed by atoms with Gasteiger partial charge in [-0.25, -0.2) is 5.43 Å². The molecule has 10 heteroatoms. The van der Waals surface area contributed by atoms with Gasteiger partial charge in [0, 0.05) is 10.4 Å². The molecule has 192 valence electrons. The molecule has 4 rings (SSSR count). The number of thiophene rings is 1. The van der Waals surface area contributed by atoms with Crippen LogP contribution in [0.2, 0.25) is 0 Å². The summed E-state index contributed by atoms with van der Waals surface area (Å²) in [6.45, 7) is 1.60. The molecule has 1 aromatic heterocycles. The predicted octanol–water partition coefficient (Wildman–Crippen LogP) is 3.90. The SMILES string of the molecule is COc1ccc(/C=N\NC(=O)[C@H](C)Oc2ccc(C(=O)Nc3sc4c(c3C(N)=O)CCCC4)cc2)cc1. The standard InChI is InChI=1S/C27H28N4O5S/c1-16(25(33)31-29-15-17-7-11-19(35-2)12-8-17)36-20-13-9-18(10-14-20)26(34)30-27-23(24(28)32)21-5-3-4-6-22(21)37-27/h7-16H,3-6H2,1-2H3,(H2,28,32)(H,30,34)(H,31,33)/b29-15-/t16-/m0/s1. The Morgan fingerprint density at radius 3 is 2.38 bits per heavy atom. The van der Waals surface area contributed by atoms with Crippen molar-refractivity contribution in [3.8, 4) is 11.5 Å². The van der Waals surface area contributed by atoms with E-state index < -0.39 is 17.9 Å². The Kier molecular flexibility index (Phi) is 8.19. The van der Waals surface area contributed by atoms with Crippen LogP contribution in [0.1, 0.15) is 56.5 Å². The largest absolute Gasteiger partial charge is 0.497 e. The summed E-state index contributed by atoms with van der Waals surface area (Å²) in [5, 5.41) is 7.28. The smallest absolute Gasteiger partial charge is 0.280 e. The van der Waals surface area contributed by atoms with Gasteiger partial charge in [-0.3, -0.25) is 14.4 Å². The highest BCUT2D eigenvalue weighted by Gasteiger charge is 2.25. The van der Waals surface area contributed by atoms with E-state index in [9.17, 15) is 14.4 Å². The molecule has 1 heterocycles. The van der Waals surface area contributed by atoms with Crippen molar-refractivity contribution in [3.05, 3.63) is 75.7 Å². The Balaban J connectivity index is 1.33. The van der Waals surface area contributed by atoms with E-state index >= 15 is 0 Å². The molecule has 4 N–H and O–H groups in total. The maximum atomic E-state index is 12.8. The lowest BCUT2D eigenvalue weighted by Gasteiger charge is -2.13. The minimum absolute atomic E-state index is 0.355. The van der Waals surface area contributed by atoms with E-state index in [0.717, 1.165) is 47.4 Å². The minimum atomic E-state index is -0.816. The number of nitrogens with one attached hydrogen (secondary N) is 2. The van der Waals surface area contributed by atoms with Crippen LogP contribution in [0.5, 0.6) is 11.5 Å². The molecule has 9 nitrogen and oxygen atoms in total. The van der Waals surface area contributed by atoms with Crippen molar-refractivity contribution < 1.29 is 23.9 Å². The highest BCUT2D eigenvalue weighted by atomic mass is 32.1. The van der Waals surface area contributed by atoms with E-state index in [2.05, 4.69) is 15.8 Å². The second kappa shape index (κ2) is 11.7. The lowest BCUT2D eigenvalue weighted by molar-refractivity contribution is -0.127.